The lowest BCUT2D eigenvalue weighted by Gasteiger charge is -2.25. The Bertz CT molecular complexity index is 2670. The van der Waals surface area contributed by atoms with Crippen LogP contribution in [0.5, 0.6) is 0 Å². The first kappa shape index (κ1) is 87.8. The van der Waals surface area contributed by atoms with Crippen LogP contribution in [0.1, 0.15) is 265 Å². The molecule has 536 valence electrons. The molecule has 0 aromatic heterocycles. The van der Waals surface area contributed by atoms with E-state index in [-0.39, 0.29) is 50.8 Å². The molecular weight excluding hydrogens is 1230 g/mol. The number of hydrogen-bond donors (Lipinski definition) is 12. The van der Waals surface area contributed by atoms with Crippen LogP contribution in [0.25, 0.3) is 0 Å². The number of nitrogens with one attached hydrogen (secondary N) is 2. The first-order valence-electron chi connectivity index (χ1n) is 35.1. The van der Waals surface area contributed by atoms with Gasteiger partial charge in [0.15, 0.2) is 11.6 Å². The third kappa shape index (κ3) is 47.7. The van der Waals surface area contributed by atoms with Gasteiger partial charge in [0.05, 0.1) is 37.5 Å². The summed E-state index contributed by atoms with van der Waals surface area (Å²) in [4.78, 5) is 59.4. The highest BCUT2D eigenvalue weighted by atomic mass is 31.2. The molecule has 4 rings (SSSR count). The van der Waals surface area contributed by atoms with Gasteiger partial charge in [-0.25, -0.2) is 9.13 Å². The quantitative estimate of drug-likeness (QED) is 0.0111. The molecule has 0 amide bonds. The summed E-state index contributed by atoms with van der Waals surface area (Å²) in [5.41, 5.74) is 28.6. The molecule has 0 aliphatic rings. The van der Waals surface area contributed by atoms with Crippen molar-refractivity contribution in [1.82, 2.24) is 0 Å². The van der Waals surface area contributed by atoms with E-state index >= 15 is 0 Å². The van der Waals surface area contributed by atoms with Gasteiger partial charge in [-0.05, 0) is 126 Å². The number of rotatable bonds is 48. The second-order valence-corrected chi connectivity index (χ2v) is 29.7. The summed E-state index contributed by atoms with van der Waals surface area (Å²) in [5, 5.41) is 24.7. The molecule has 4 atom stereocenters. The fraction of sp³-hybridized carbons (Fsp3) is 0.649. The van der Waals surface area contributed by atoms with Crippen LogP contribution in [0.3, 0.4) is 0 Å². The van der Waals surface area contributed by atoms with Gasteiger partial charge in [-0.2, -0.15) is 0 Å². The molecule has 20 heteroatoms. The molecule has 4 aromatic carbocycles. The van der Waals surface area contributed by atoms with Crippen molar-refractivity contribution in [3.05, 3.63) is 130 Å². The SMILES string of the molecule is CCCCCCCCc1ccc(C(=O)C[C@@](C)(N)CO)cc1.CCCCCCCCc1ccc(C(=O)C[C@@](C)(N)COP(=O)(O)O)cc1.CCCCCCCCc1ccc(NC[C@@](C)(N)CO)cc1.CCCCCCCCc1ccc(NC[C@@](C)(N)COP(=O)(O)O)cc1. The van der Waals surface area contributed by atoms with Gasteiger partial charge < -0.3 is 63.4 Å². The maximum absolute atomic E-state index is 12.3. The topological polar surface area (TPSA) is 336 Å². The predicted octanol–water partition coefficient (Wildman–Crippen LogP) is 15.4. The molecule has 0 saturated heterocycles. The molecule has 0 saturated carbocycles. The molecule has 0 spiro atoms. The maximum atomic E-state index is 12.3. The molecule has 0 bridgehead atoms. The Morgan fingerprint density at radius 3 is 0.894 bits per heavy atom. The van der Waals surface area contributed by atoms with Crippen molar-refractivity contribution in [2.75, 3.05) is 50.2 Å². The number of unbranched alkanes of at least 4 members (excludes halogenated alkanes) is 20. The van der Waals surface area contributed by atoms with E-state index in [9.17, 15) is 18.7 Å². The number of Topliss-reactive ketones (excluding diaryl/α,β-unsaturated/α-hetero) is 2. The monoisotopic (exact) mass is 1350 g/mol. The Kier molecular flexibility index (Phi) is 46.1. The minimum atomic E-state index is -4.60. The van der Waals surface area contributed by atoms with Crippen LogP contribution >= 0.6 is 15.6 Å². The number of anilines is 2. The smallest absolute Gasteiger partial charge is 0.394 e. The Morgan fingerprint density at radius 2 is 0.617 bits per heavy atom. The van der Waals surface area contributed by atoms with Crippen LogP contribution in [0, 0.1) is 0 Å². The van der Waals surface area contributed by atoms with E-state index in [1.54, 1.807) is 26.0 Å². The summed E-state index contributed by atoms with van der Waals surface area (Å²) in [6.45, 7) is 15.8. The normalized spacial score (nSPS) is 14.1. The summed E-state index contributed by atoms with van der Waals surface area (Å²) in [6, 6.07) is 32.1. The highest BCUT2D eigenvalue weighted by Crippen LogP contribution is 2.37. The number of aryl methyl sites for hydroxylation is 4. The van der Waals surface area contributed by atoms with Crippen molar-refractivity contribution in [1.29, 1.82) is 0 Å². The summed E-state index contributed by atoms with van der Waals surface area (Å²) >= 11 is 0. The zero-order valence-electron chi connectivity index (χ0n) is 59.0. The zero-order valence-corrected chi connectivity index (χ0v) is 60.8. The van der Waals surface area contributed by atoms with Crippen LogP contribution in [-0.4, -0.2) is 103 Å². The van der Waals surface area contributed by atoms with Crippen molar-refractivity contribution in [3.8, 4) is 0 Å². The van der Waals surface area contributed by atoms with Gasteiger partial charge in [0.1, 0.15) is 0 Å². The van der Waals surface area contributed by atoms with Crippen LogP contribution in [-0.2, 0) is 43.9 Å². The van der Waals surface area contributed by atoms with Crippen molar-refractivity contribution >= 4 is 38.6 Å². The Labute approximate surface area is 567 Å². The number of aliphatic hydroxyl groups excluding tert-OH is 2. The highest BCUT2D eigenvalue weighted by molar-refractivity contribution is 7.46. The lowest BCUT2D eigenvalue weighted by molar-refractivity contribution is 0.0909. The second kappa shape index (κ2) is 49.3. The standard InChI is InChI=1S/C19H32NO5P.C19H31NO2.C18H33N2O4P.C18H32N2O/c1-3-4-5-6-7-8-9-16-10-12-17(13-11-16)18(21)14-19(2,20)15-25-26(22,23)24;1-3-4-5-6-7-8-9-16-10-12-17(13-11-16)18(22)14-19(2,20)15-21;1-3-4-5-6-7-8-9-16-10-12-17(13-11-16)20-14-18(2,19)15-24-25(21,22)23;1-3-4-5-6-7-8-9-16-10-12-17(13-11-16)20-14-18(2,19)15-21/h10-13H,3-9,14-15,20H2,1-2H3,(H2,22,23,24);10-13,21H,3-9,14-15,20H2,1-2H3;10-13,20H,3-9,14-15,19H2,1-2H3,(H2,21,22,23);10-13,20-21H,3-9,14-15,19H2,1-2H3/t2*19-;2*18-/m1111/s1. The molecule has 16 N–H and O–H groups in total. The van der Waals surface area contributed by atoms with Gasteiger partial charge in [0.2, 0.25) is 0 Å². The van der Waals surface area contributed by atoms with Gasteiger partial charge in [-0.1, -0.05) is 229 Å². The minimum absolute atomic E-state index is 0.00911. The molecule has 0 aliphatic heterocycles. The van der Waals surface area contributed by atoms with Crippen LogP contribution in [0.2, 0.25) is 0 Å². The first-order valence-corrected chi connectivity index (χ1v) is 38.1. The van der Waals surface area contributed by atoms with Crippen LogP contribution < -0.4 is 33.6 Å². The number of benzene rings is 4. The molecule has 0 heterocycles. The Morgan fingerprint density at radius 1 is 0.372 bits per heavy atom. The van der Waals surface area contributed by atoms with E-state index in [2.05, 4.69) is 83.8 Å². The highest BCUT2D eigenvalue weighted by Gasteiger charge is 2.28. The average Bonchev–Trinajstić information content (AvgIpc) is 0.994. The number of nitrogens with two attached hydrogens (primary N) is 4. The maximum Gasteiger partial charge on any atom is 0.469 e. The number of carbonyl (C=O) groups excluding carboxylic acids is 2. The van der Waals surface area contributed by atoms with Crippen LogP contribution in [0.15, 0.2) is 97.1 Å². The molecule has 0 fully saturated rings. The molecule has 0 unspecified atom stereocenters. The number of phosphoric ester groups is 2. The summed E-state index contributed by atoms with van der Waals surface area (Å²) < 4.78 is 30.4. The third-order valence-electron chi connectivity index (χ3n) is 16.1. The van der Waals surface area contributed by atoms with E-state index in [1.165, 1.54) is 177 Å². The zero-order chi connectivity index (χ0) is 70.4. The van der Waals surface area contributed by atoms with E-state index in [0.717, 1.165) is 43.5 Å². The van der Waals surface area contributed by atoms with Gasteiger partial charge in [0, 0.05) is 59.5 Å². The van der Waals surface area contributed by atoms with Crippen molar-refractivity contribution in [2.45, 2.75) is 270 Å². The molecule has 4 aromatic rings. The number of aliphatic hydroxyl groups is 2. The number of hydrogen-bond acceptors (Lipinski definition) is 14. The Balaban J connectivity index is 0.000000629. The number of phosphoric acid groups is 2. The molecule has 0 radical (unpaired) electrons. The first-order chi connectivity index (χ1) is 44.4. The summed E-state index contributed by atoms with van der Waals surface area (Å²) in [6.07, 6.45) is 35.5. The van der Waals surface area contributed by atoms with Crippen molar-refractivity contribution < 1.29 is 57.6 Å². The fourth-order valence-corrected chi connectivity index (χ4v) is 10.9. The molecule has 0 aliphatic carbocycles. The van der Waals surface area contributed by atoms with Gasteiger partial charge >= 0.3 is 15.6 Å². The van der Waals surface area contributed by atoms with Crippen molar-refractivity contribution in [3.63, 3.8) is 0 Å². The predicted molar refractivity (Wildman–Crippen MR) is 389 cm³/mol. The van der Waals surface area contributed by atoms with Gasteiger partial charge in [0.25, 0.3) is 0 Å². The lowest BCUT2D eigenvalue weighted by Crippen LogP contribution is -2.47. The van der Waals surface area contributed by atoms with Gasteiger partial charge in [-0.3, -0.25) is 18.6 Å². The van der Waals surface area contributed by atoms with E-state index < -0.39 is 37.8 Å². The van der Waals surface area contributed by atoms with E-state index in [1.807, 2.05) is 55.5 Å². The number of carbonyl (C=O) groups is 2. The lowest BCUT2D eigenvalue weighted by atomic mass is 9.93. The van der Waals surface area contributed by atoms with Crippen LogP contribution in [0.4, 0.5) is 11.4 Å². The summed E-state index contributed by atoms with van der Waals surface area (Å²) in [5.74, 6) is -0.180. The molecule has 94 heavy (non-hydrogen) atoms. The Hall–Kier alpha value is -4.20. The largest absolute Gasteiger partial charge is 0.469 e. The van der Waals surface area contributed by atoms with Gasteiger partial charge in [-0.15, -0.1) is 0 Å². The second-order valence-electron chi connectivity index (χ2n) is 27.2. The number of ketones is 2. The average molecular weight is 1360 g/mol. The van der Waals surface area contributed by atoms with Crippen molar-refractivity contribution in [2.24, 2.45) is 22.9 Å². The van der Waals surface area contributed by atoms with E-state index in [0.29, 0.717) is 24.2 Å². The molecule has 18 nitrogen and oxygen atoms in total. The minimum Gasteiger partial charge on any atom is -0.394 e. The third-order valence-corrected chi connectivity index (χ3v) is 17.0. The molecular formula is C74H128N6O12P2. The fourth-order valence-electron chi connectivity index (χ4n) is 9.95. The summed E-state index contributed by atoms with van der Waals surface area (Å²) in [7, 11) is -9.09. The van der Waals surface area contributed by atoms with E-state index in [4.69, 9.17) is 52.7 Å².